The molecule has 3 aromatic carbocycles. The fourth-order valence-corrected chi connectivity index (χ4v) is 4.98. The highest BCUT2D eigenvalue weighted by atomic mass is 32.2. The molecule has 3 rings (SSSR count). The lowest BCUT2D eigenvalue weighted by atomic mass is 10.1. The van der Waals surface area contributed by atoms with Gasteiger partial charge in [0, 0.05) is 12.1 Å². The molecule has 0 aliphatic carbocycles. The molecular weight excluding hydrogens is 436 g/mol. The maximum atomic E-state index is 13.6. The van der Waals surface area contributed by atoms with Crippen LogP contribution in [0.25, 0.3) is 0 Å². The number of sulfonamides is 1. The summed E-state index contributed by atoms with van der Waals surface area (Å²) < 4.78 is 34.0. The van der Waals surface area contributed by atoms with Crippen LogP contribution in [0.5, 0.6) is 5.75 Å². The lowest BCUT2D eigenvalue weighted by molar-refractivity contribution is -0.119. The van der Waals surface area contributed by atoms with Gasteiger partial charge < -0.3 is 10.1 Å². The minimum atomic E-state index is -3.95. The van der Waals surface area contributed by atoms with E-state index in [2.05, 4.69) is 5.32 Å². The van der Waals surface area contributed by atoms with E-state index < -0.39 is 15.9 Å². The monoisotopic (exact) mass is 466 g/mol. The Balaban J connectivity index is 1.89. The second-order valence-electron chi connectivity index (χ2n) is 7.62. The number of nitrogens with zero attached hydrogens (tertiary/aromatic N) is 1. The van der Waals surface area contributed by atoms with E-state index in [1.807, 2.05) is 57.2 Å². The van der Waals surface area contributed by atoms with Gasteiger partial charge >= 0.3 is 0 Å². The molecule has 3 aromatic rings. The Hall–Kier alpha value is -3.32. The van der Waals surface area contributed by atoms with Crippen LogP contribution in [0.2, 0.25) is 0 Å². The van der Waals surface area contributed by atoms with Gasteiger partial charge in [-0.3, -0.25) is 9.10 Å². The molecule has 0 radical (unpaired) electrons. The van der Waals surface area contributed by atoms with Crippen molar-refractivity contribution >= 4 is 21.6 Å². The van der Waals surface area contributed by atoms with Crippen LogP contribution in [-0.4, -0.2) is 27.5 Å². The Morgan fingerprint density at radius 2 is 1.55 bits per heavy atom. The number of hydrogen-bond donors (Lipinski definition) is 1. The summed E-state index contributed by atoms with van der Waals surface area (Å²) in [5.74, 6) is 0.295. The van der Waals surface area contributed by atoms with Crippen molar-refractivity contribution in [1.82, 2.24) is 5.32 Å². The maximum absolute atomic E-state index is 13.6. The molecule has 0 heterocycles. The number of benzene rings is 3. The minimum Gasteiger partial charge on any atom is -0.494 e. The van der Waals surface area contributed by atoms with Crippen LogP contribution in [0.3, 0.4) is 0 Å². The Labute approximate surface area is 196 Å². The summed E-state index contributed by atoms with van der Waals surface area (Å²) in [6, 6.07) is 21.4. The van der Waals surface area contributed by atoms with E-state index in [0.717, 1.165) is 16.7 Å². The lowest BCUT2D eigenvalue weighted by Gasteiger charge is -2.26. The predicted octanol–water partition coefficient (Wildman–Crippen LogP) is 4.47. The molecule has 0 saturated heterocycles. The molecule has 0 aromatic heterocycles. The van der Waals surface area contributed by atoms with Crippen LogP contribution in [0.1, 0.15) is 30.5 Å². The van der Waals surface area contributed by atoms with E-state index >= 15 is 0 Å². The summed E-state index contributed by atoms with van der Waals surface area (Å²) in [5.41, 5.74) is 3.14. The third-order valence-electron chi connectivity index (χ3n) is 5.29. The number of aryl methyl sites for hydroxylation is 2. The third kappa shape index (κ3) is 5.93. The quantitative estimate of drug-likeness (QED) is 0.478. The van der Waals surface area contributed by atoms with Crippen molar-refractivity contribution in [2.45, 2.75) is 38.6 Å². The van der Waals surface area contributed by atoms with Gasteiger partial charge in [-0.05, 0) is 50.1 Å². The molecule has 0 fully saturated rings. The first-order valence-electron chi connectivity index (χ1n) is 11.0. The Morgan fingerprint density at radius 3 is 2.21 bits per heavy atom. The largest absolute Gasteiger partial charge is 0.494 e. The van der Waals surface area contributed by atoms with Crippen LogP contribution in [0.15, 0.2) is 77.7 Å². The van der Waals surface area contributed by atoms with Gasteiger partial charge in [0.2, 0.25) is 5.91 Å². The van der Waals surface area contributed by atoms with Crippen molar-refractivity contribution in [2.24, 2.45) is 0 Å². The van der Waals surface area contributed by atoms with Gasteiger partial charge in [-0.15, -0.1) is 0 Å². The highest BCUT2D eigenvalue weighted by molar-refractivity contribution is 7.92. The molecule has 0 aliphatic heterocycles. The SMILES string of the molecule is CCOc1ccccc1CNC(=O)CN(c1ccccc1CC)S(=O)(=O)c1ccc(C)cc1. The van der Waals surface area contributed by atoms with E-state index in [9.17, 15) is 13.2 Å². The number of carbonyl (C=O) groups is 1. The molecule has 0 aliphatic rings. The number of ether oxygens (including phenoxy) is 1. The van der Waals surface area contributed by atoms with Crippen LogP contribution < -0.4 is 14.4 Å². The number of anilines is 1. The van der Waals surface area contributed by atoms with E-state index in [1.54, 1.807) is 36.4 Å². The Bertz CT molecular complexity index is 1190. The van der Waals surface area contributed by atoms with Gasteiger partial charge in [-0.1, -0.05) is 61.0 Å². The van der Waals surface area contributed by atoms with Crippen LogP contribution >= 0.6 is 0 Å². The van der Waals surface area contributed by atoms with Crippen LogP contribution in [-0.2, 0) is 27.8 Å². The molecule has 6 nitrogen and oxygen atoms in total. The van der Waals surface area contributed by atoms with Gasteiger partial charge in [-0.25, -0.2) is 8.42 Å². The fourth-order valence-electron chi connectivity index (χ4n) is 3.52. The van der Waals surface area contributed by atoms with Gasteiger partial charge in [0.25, 0.3) is 10.0 Å². The van der Waals surface area contributed by atoms with E-state index in [-0.39, 0.29) is 18.0 Å². The number of hydrogen-bond acceptors (Lipinski definition) is 4. The lowest BCUT2D eigenvalue weighted by Crippen LogP contribution is -2.41. The minimum absolute atomic E-state index is 0.147. The van der Waals surface area contributed by atoms with Gasteiger partial charge in [0.15, 0.2) is 0 Å². The molecule has 0 bridgehead atoms. The molecule has 0 spiro atoms. The summed E-state index contributed by atoms with van der Waals surface area (Å²) in [6.07, 6.45) is 0.638. The van der Waals surface area contributed by atoms with E-state index in [4.69, 9.17) is 4.74 Å². The summed E-state index contributed by atoms with van der Waals surface area (Å²) in [5, 5.41) is 2.84. The number of carbonyl (C=O) groups excluding carboxylic acids is 1. The first-order chi connectivity index (χ1) is 15.9. The molecule has 174 valence electrons. The zero-order valence-electron chi connectivity index (χ0n) is 19.2. The van der Waals surface area contributed by atoms with Crippen molar-refractivity contribution in [2.75, 3.05) is 17.5 Å². The normalized spacial score (nSPS) is 11.1. The average Bonchev–Trinajstić information content (AvgIpc) is 2.82. The molecular formula is C26H30N2O4S. The second kappa shape index (κ2) is 11.0. The Kier molecular flexibility index (Phi) is 8.11. The predicted molar refractivity (Wildman–Crippen MR) is 131 cm³/mol. The standard InChI is InChI=1S/C26H30N2O4S/c1-4-21-10-6-8-12-24(21)28(33(30,31)23-16-14-20(3)15-17-23)19-26(29)27-18-22-11-7-9-13-25(22)32-5-2/h6-17H,4-5,18-19H2,1-3H3,(H,27,29). The number of rotatable bonds is 10. The van der Waals surface area contributed by atoms with Gasteiger partial charge in [-0.2, -0.15) is 0 Å². The maximum Gasteiger partial charge on any atom is 0.264 e. The van der Waals surface area contributed by atoms with Crippen molar-refractivity contribution in [3.8, 4) is 5.75 Å². The molecule has 0 saturated carbocycles. The summed E-state index contributed by atoms with van der Waals surface area (Å²) >= 11 is 0. The number of para-hydroxylation sites is 2. The smallest absolute Gasteiger partial charge is 0.264 e. The summed E-state index contributed by atoms with van der Waals surface area (Å²) in [7, 11) is -3.95. The second-order valence-corrected chi connectivity index (χ2v) is 9.49. The fraction of sp³-hybridized carbons (Fsp3) is 0.269. The van der Waals surface area contributed by atoms with Crippen molar-refractivity contribution in [1.29, 1.82) is 0 Å². The highest BCUT2D eigenvalue weighted by Crippen LogP contribution is 2.27. The van der Waals surface area contributed by atoms with Gasteiger partial charge in [0.1, 0.15) is 12.3 Å². The van der Waals surface area contributed by atoms with Gasteiger partial charge in [0.05, 0.1) is 17.2 Å². The number of amides is 1. The Morgan fingerprint density at radius 1 is 0.909 bits per heavy atom. The molecule has 0 unspecified atom stereocenters. The first-order valence-corrected chi connectivity index (χ1v) is 12.5. The summed E-state index contributed by atoms with van der Waals surface area (Å²) in [6.45, 7) is 6.18. The van der Waals surface area contributed by atoms with E-state index in [1.165, 1.54) is 4.31 Å². The van der Waals surface area contributed by atoms with E-state index in [0.29, 0.717) is 24.5 Å². The molecule has 1 amide bonds. The molecule has 0 atom stereocenters. The molecule has 1 N–H and O–H groups in total. The first kappa shape index (κ1) is 24.3. The zero-order valence-corrected chi connectivity index (χ0v) is 20.1. The van der Waals surface area contributed by atoms with Crippen LogP contribution in [0, 0.1) is 6.92 Å². The summed E-state index contributed by atoms with van der Waals surface area (Å²) in [4.78, 5) is 13.1. The van der Waals surface area contributed by atoms with Crippen molar-refractivity contribution < 1.29 is 17.9 Å². The topological polar surface area (TPSA) is 75.7 Å². The molecule has 33 heavy (non-hydrogen) atoms. The number of nitrogens with one attached hydrogen (secondary N) is 1. The zero-order chi connectivity index (χ0) is 23.8. The highest BCUT2D eigenvalue weighted by Gasteiger charge is 2.28. The third-order valence-corrected chi connectivity index (χ3v) is 7.06. The molecule has 7 heteroatoms. The van der Waals surface area contributed by atoms with Crippen molar-refractivity contribution in [3.63, 3.8) is 0 Å². The van der Waals surface area contributed by atoms with Crippen LogP contribution in [0.4, 0.5) is 5.69 Å². The van der Waals surface area contributed by atoms with Crippen molar-refractivity contribution in [3.05, 3.63) is 89.5 Å². The average molecular weight is 467 g/mol.